The molecule has 0 saturated carbocycles. The molecule has 0 N–H and O–H groups in total. The molecule has 0 spiro atoms. The third kappa shape index (κ3) is 2.17. The van der Waals surface area contributed by atoms with Crippen LogP contribution in [0.3, 0.4) is 0 Å². The van der Waals surface area contributed by atoms with E-state index in [0.29, 0.717) is 18.0 Å². The zero-order valence-electron chi connectivity index (χ0n) is 12.3. The Balaban J connectivity index is 2.01. The first-order valence-electron chi connectivity index (χ1n) is 7.10. The minimum Gasteiger partial charge on any atom is -0.352 e. The highest BCUT2D eigenvalue weighted by Crippen LogP contribution is 2.26. The van der Waals surface area contributed by atoms with E-state index in [1.165, 1.54) is 0 Å². The molecule has 2 atom stereocenters. The molecule has 0 aliphatic carbocycles. The molecule has 5 heteroatoms. The highest BCUT2D eigenvalue weighted by molar-refractivity contribution is 6.17. The van der Waals surface area contributed by atoms with Crippen molar-refractivity contribution < 1.29 is 0 Å². The first kappa shape index (κ1) is 13.7. The van der Waals surface area contributed by atoms with Crippen molar-refractivity contribution in [3.05, 3.63) is 30.1 Å². The molecule has 0 radical (unpaired) electrons. The van der Waals surface area contributed by atoms with Crippen LogP contribution in [0.25, 0.3) is 5.65 Å². The molecule has 1 aliphatic heterocycles. The lowest BCUT2D eigenvalue weighted by atomic mass is 10.1. The Hall–Kier alpha value is -1.26. The predicted molar refractivity (Wildman–Crippen MR) is 83.6 cm³/mol. The standard InChI is InChI=1S/C15H21ClN4/c1-11-9-19(10-12(2)18(11)3)15-13(8-16)20-7-5-4-6-14(20)17-15/h4-7,11-12H,8-10H2,1-3H3. The summed E-state index contributed by atoms with van der Waals surface area (Å²) in [6.45, 7) is 6.51. The van der Waals surface area contributed by atoms with Crippen LogP contribution in [0.15, 0.2) is 24.4 Å². The number of rotatable bonds is 2. The smallest absolute Gasteiger partial charge is 0.152 e. The van der Waals surface area contributed by atoms with Crippen LogP contribution in [0.5, 0.6) is 0 Å². The average Bonchev–Trinajstić information content (AvgIpc) is 2.82. The monoisotopic (exact) mass is 292 g/mol. The molecular weight excluding hydrogens is 272 g/mol. The Labute approximate surface area is 125 Å². The number of fused-ring (bicyclic) bond motifs is 1. The molecule has 2 unspecified atom stereocenters. The van der Waals surface area contributed by atoms with Gasteiger partial charge in [0.2, 0.25) is 0 Å². The molecular formula is C15H21ClN4. The quantitative estimate of drug-likeness (QED) is 0.795. The Morgan fingerprint density at radius 3 is 2.60 bits per heavy atom. The molecule has 0 aromatic carbocycles. The fourth-order valence-electron chi connectivity index (χ4n) is 2.99. The fourth-order valence-corrected chi connectivity index (χ4v) is 3.24. The summed E-state index contributed by atoms with van der Waals surface area (Å²) in [7, 11) is 2.19. The highest BCUT2D eigenvalue weighted by Gasteiger charge is 2.29. The minimum absolute atomic E-state index is 0.482. The van der Waals surface area contributed by atoms with Gasteiger partial charge in [-0.25, -0.2) is 4.98 Å². The number of piperazine rings is 1. The van der Waals surface area contributed by atoms with E-state index in [2.05, 4.69) is 35.1 Å². The summed E-state index contributed by atoms with van der Waals surface area (Å²) in [6, 6.07) is 7.10. The predicted octanol–water partition coefficient (Wildman–Crippen LogP) is 2.60. The highest BCUT2D eigenvalue weighted by atomic mass is 35.5. The van der Waals surface area contributed by atoms with Crippen LogP contribution in [-0.4, -0.2) is 46.5 Å². The van der Waals surface area contributed by atoms with Crippen LogP contribution >= 0.6 is 11.6 Å². The molecule has 0 bridgehead atoms. The maximum absolute atomic E-state index is 6.18. The van der Waals surface area contributed by atoms with Crippen LogP contribution in [0.2, 0.25) is 0 Å². The second kappa shape index (κ2) is 5.26. The van der Waals surface area contributed by atoms with Gasteiger partial charge < -0.3 is 9.30 Å². The van der Waals surface area contributed by atoms with E-state index in [9.17, 15) is 0 Å². The van der Waals surface area contributed by atoms with E-state index in [4.69, 9.17) is 16.6 Å². The van der Waals surface area contributed by atoms with Crippen molar-refractivity contribution in [2.45, 2.75) is 31.8 Å². The van der Waals surface area contributed by atoms with E-state index in [1.54, 1.807) is 0 Å². The molecule has 2 aromatic heterocycles. The van der Waals surface area contributed by atoms with Crippen molar-refractivity contribution in [1.82, 2.24) is 14.3 Å². The molecule has 3 rings (SSSR count). The van der Waals surface area contributed by atoms with Crippen molar-refractivity contribution >= 4 is 23.1 Å². The first-order valence-corrected chi connectivity index (χ1v) is 7.64. The summed E-state index contributed by atoms with van der Waals surface area (Å²) in [4.78, 5) is 9.59. The molecule has 3 heterocycles. The zero-order valence-corrected chi connectivity index (χ0v) is 13.0. The second-order valence-electron chi connectivity index (χ2n) is 5.71. The van der Waals surface area contributed by atoms with Gasteiger partial charge in [0.1, 0.15) is 5.65 Å². The number of pyridine rings is 1. The van der Waals surface area contributed by atoms with Crippen LogP contribution in [0, 0.1) is 0 Å². The molecule has 20 heavy (non-hydrogen) atoms. The average molecular weight is 293 g/mol. The van der Waals surface area contributed by atoms with Crippen LogP contribution in [0.1, 0.15) is 19.5 Å². The van der Waals surface area contributed by atoms with Gasteiger partial charge in [-0.1, -0.05) is 6.07 Å². The Bertz CT molecular complexity index is 597. The van der Waals surface area contributed by atoms with E-state index in [-0.39, 0.29) is 0 Å². The Morgan fingerprint density at radius 1 is 1.25 bits per heavy atom. The lowest BCUT2D eigenvalue weighted by Crippen LogP contribution is -2.55. The van der Waals surface area contributed by atoms with E-state index >= 15 is 0 Å². The van der Waals surface area contributed by atoms with Gasteiger partial charge in [-0.3, -0.25) is 4.90 Å². The number of hydrogen-bond donors (Lipinski definition) is 0. The number of alkyl halides is 1. The zero-order chi connectivity index (χ0) is 14.3. The van der Waals surface area contributed by atoms with Crippen LogP contribution in [0.4, 0.5) is 5.82 Å². The van der Waals surface area contributed by atoms with Gasteiger partial charge in [0, 0.05) is 31.4 Å². The number of nitrogens with zero attached hydrogens (tertiary/aromatic N) is 4. The lowest BCUT2D eigenvalue weighted by molar-refractivity contribution is 0.169. The number of imidazole rings is 1. The largest absolute Gasteiger partial charge is 0.352 e. The van der Waals surface area contributed by atoms with E-state index in [1.807, 2.05) is 24.4 Å². The first-order chi connectivity index (χ1) is 9.61. The third-order valence-corrected chi connectivity index (χ3v) is 4.65. The van der Waals surface area contributed by atoms with E-state index in [0.717, 1.165) is 30.2 Å². The molecule has 0 amide bonds. The summed E-state index contributed by atoms with van der Waals surface area (Å²) in [5.41, 5.74) is 2.06. The molecule has 1 aliphatic rings. The number of anilines is 1. The van der Waals surface area contributed by atoms with Gasteiger partial charge in [-0.05, 0) is 33.0 Å². The van der Waals surface area contributed by atoms with Gasteiger partial charge in [0.25, 0.3) is 0 Å². The third-order valence-electron chi connectivity index (χ3n) is 4.39. The van der Waals surface area contributed by atoms with Crippen LogP contribution < -0.4 is 4.90 Å². The summed E-state index contributed by atoms with van der Waals surface area (Å²) in [6.07, 6.45) is 2.03. The maximum atomic E-state index is 6.18. The molecule has 108 valence electrons. The normalized spacial score (nSPS) is 24.5. The number of likely N-dealkylation sites (N-methyl/N-ethyl adjacent to an activating group) is 1. The van der Waals surface area contributed by atoms with Gasteiger partial charge in [-0.15, -0.1) is 11.6 Å². The SMILES string of the molecule is CC1CN(c2nc3ccccn3c2CCl)CC(C)N1C. The number of aromatic nitrogens is 2. The molecule has 1 fully saturated rings. The van der Waals surface area contributed by atoms with Crippen molar-refractivity contribution in [3.8, 4) is 0 Å². The second-order valence-corrected chi connectivity index (χ2v) is 5.98. The van der Waals surface area contributed by atoms with Crippen LogP contribution in [-0.2, 0) is 5.88 Å². The van der Waals surface area contributed by atoms with E-state index < -0.39 is 0 Å². The molecule has 2 aromatic rings. The minimum atomic E-state index is 0.482. The summed E-state index contributed by atoms with van der Waals surface area (Å²) < 4.78 is 2.09. The topological polar surface area (TPSA) is 23.8 Å². The van der Waals surface area contributed by atoms with Gasteiger partial charge in [-0.2, -0.15) is 0 Å². The van der Waals surface area contributed by atoms with Gasteiger partial charge in [0.05, 0.1) is 11.6 Å². The number of hydrogen-bond acceptors (Lipinski definition) is 3. The van der Waals surface area contributed by atoms with Gasteiger partial charge in [0.15, 0.2) is 5.82 Å². The van der Waals surface area contributed by atoms with Crippen molar-refractivity contribution in [1.29, 1.82) is 0 Å². The van der Waals surface area contributed by atoms with Gasteiger partial charge >= 0.3 is 0 Å². The Kier molecular flexibility index (Phi) is 3.61. The maximum Gasteiger partial charge on any atom is 0.152 e. The lowest BCUT2D eigenvalue weighted by Gasteiger charge is -2.42. The summed E-state index contributed by atoms with van der Waals surface area (Å²) in [5.74, 6) is 1.52. The van der Waals surface area contributed by atoms with Crippen molar-refractivity contribution in [3.63, 3.8) is 0 Å². The Morgan fingerprint density at radius 2 is 1.95 bits per heavy atom. The molecule has 4 nitrogen and oxygen atoms in total. The number of halogens is 1. The van der Waals surface area contributed by atoms with Crippen molar-refractivity contribution in [2.24, 2.45) is 0 Å². The molecule has 1 saturated heterocycles. The summed E-state index contributed by atoms with van der Waals surface area (Å²) >= 11 is 6.18. The summed E-state index contributed by atoms with van der Waals surface area (Å²) in [5, 5.41) is 0. The fraction of sp³-hybridized carbons (Fsp3) is 0.533. The van der Waals surface area contributed by atoms with Crippen molar-refractivity contribution in [2.75, 3.05) is 25.0 Å².